The molecular weight excluding hydrogens is 408 g/mol. The summed E-state index contributed by atoms with van der Waals surface area (Å²) in [6, 6.07) is 15.3. The van der Waals surface area contributed by atoms with E-state index in [9.17, 15) is 9.59 Å². The van der Waals surface area contributed by atoms with E-state index in [4.69, 9.17) is 14.6 Å². The van der Waals surface area contributed by atoms with Gasteiger partial charge in [0.15, 0.2) is 0 Å². The molecule has 1 aliphatic rings. The highest BCUT2D eigenvalue weighted by atomic mass is 16.5. The van der Waals surface area contributed by atoms with Gasteiger partial charge >= 0.3 is 5.97 Å². The van der Waals surface area contributed by atoms with Crippen LogP contribution >= 0.6 is 0 Å². The number of rotatable bonds is 8. The van der Waals surface area contributed by atoms with Gasteiger partial charge in [0.05, 0.1) is 12.5 Å². The summed E-state index contributed by atoms with van der Waals surface area (Å²) < 4.78 is 5.44. The van der Waals surface area contributed by atoms with Crippen LogP contribution in [0.5, 0.6) is 0 Å². The second-order valence-corrected chi connectivity index (χ2v) is 7.58. The van der Waals surface area contributed by atoms with Crippen LogP contribution in [0.2, 0.25) is 0 Å². The fourth-order valence-corrected chi connectivity index (χ4v) is 3.48. The Morgan fingerprint density at radius 2 is 1.69 bits per heavy atom. The maximum absolute atomic E-state index is 12.6. The number of carbonyl (C=O) groups is 3. The van der Waals surface area contributed by atoms with E-state index in [2.05, 4.69) is 18.7 Å². The van der Waals surface area contributed by atoms with E-state index in [-0.39, 0.29) is 17.8 Å². The van der Waals surface area contributed by atoms with E-state index in [1.165, 1.54) is 0 Å². The third kappa shape index (κ3) is 6.65. The number of hydrogen-bond acceptors (Lipinski definition) is 5. The van der Waals surface area contributed by atoms with Crippen molar-refractivity contribution in [3.63, 3.8) is 0 Å². The number of benzene rings is 2. The number of nitrogens with zero attached hydrogens (tertiary/aromatic N) is 2. The lowest BCUT2D eigenvalue weighted by Crippen LogP contribution is -2.28. The van der Waals surface area contributed by atoms with E-state index >= 15 is 0 Å². The first-order valence-corrected chi connectivity index (χ1v) is 10.9. The molecule has 1 unspecified atom stereocenters. The molecule has 1 N–H and O–H groups in total. The summed E-state index contributed by atoms with van der Waals surface area (Å²) in [5.41, 5.74) is 3.53. The quantitative estimate of drug-likeness (QED) is 0.626. The minimum Gasteiger partial charge on any atom is -0.481 e. The van der Waals surface area contributed by atoms with Gasteiger partial charge in [-0.25, -0.2) is 0 Å². The number of hydrogen-bond donors (Lipinski definition) is 1. The van der Waals surface area contributed by atoms with Crippen molar-refractivity contribution in [3.05, 3.63) is 65.2 Å². The SMILES string of the molecule is CC(=O)O.CCN(CC)CCOC(=O)C(C)c1ccc(N2Cc3ccccc3C2=O)cc1. The highest BCUT2D eigenvalue weighted by Gasteiger charge is 2.28. The van der Waals surface area contributed by atoms with Gasteiger partial charge in [0.1, 0.15) is 6.61 Å². The molecule has 0 radical (unpaired) electrons. The Morgan fingerprint density at radius 3 is 2.25 bits per heavy atom. The fraction of sp³-hybridized carbons (Fsp3) is 0.400. The molecule has 1 atom stereocenters. The Labute approximate surface area is 189 Å². The molecule has 0 fully saturated rings. The van der Waals surface area contributed by atoms with Gasteiger partial charge in [0.25, 0.3) is 11.9 Å². The van der Waals surface area contributed by atoms with Crippen LogP contribution in [0.3, 0.4) is 0 Å². The van der Waals surface area contributed by atoms with Gasteiger partial charge < -0.3 is 19.6 Å². The Balaban J connectivity index is 0.000000837. The van der Waals surface area contributed by atoms with Gasteiger partial charge in [-0.1, -0.05) is 44.2 Å². The number of carboxylic acid groups (broad SMARTS) is 1. The molecule has 0 aromatic heterocycles. The van der Waals surface area contributed by atoms with Crippen molar-refractivity contribution in [1.29, 1.82) is 0 Å². The second-order valence-electron chi connectivity index (χ2n) is 7.58. The molecule has 2 aromatic carbocycles. The first kappa shape index (κ1) is 25.1. The van der Waals surface area contributed by atoms with Crippen molar-refractivity contribution in [1.82, 2.24) is 4.90 Å². The molecule has 0 saturated carbocycles. The molecule has 1 heterocycles. The number of carbonyl (C=O) groups excluding carboxylic acids is 2. The highest BCUT2D eigenvalue weighted by Crippen LogP contribution is 2.29. The van der Waals surface area contributed by atoms with Gasteiger partial charge in [-0.15, -0.1) is 0 Å². The van der Waals surface area contributed by atoms with Crippen LogP contribution in [0.1, 0.15) is 55.1 Å². The molecule has 3 rings (SSSR count). The minimum atomic E-state index is -0.833. The van der Waals surface area contributed by atoms with Crippen LogP contribution in [0.4, 0.5) is 5.69 Å². The average Bonchev–Trinajstić information content (AvgIpc) is 3.12. The van der Waals surface area contributed by atoms with Crippen LogP contribution in [-0.2, 0) is 20.9 Å². The van der Waals surface area contributed by atoms with Gasteiger partial charge in [0.2, 0.25) is 0 Å². The van der Waals surface area contributed by atoms with Crippen molar-refractivity contribution < 1.29 is 24.2 Å². The maximum Gasteiger partial charge on any atom is 0.313 e. The van der Waals surface area contributed by atoms with E-state index in [0.29, 0.717) is 13.2 Å². The molecule has 7 nitrogen and oxygen atoms in total. The Hall–Kier alpha value is -3.19. The number of esters is 1. The molecule has 7 heteroatoms. The zero-order valence-electron chi connectivity index (χ0n) is 19.2. The zero-order valence-corrected chi connectivity index (χ0v) is 19.2. The van der Waals surface area contributed by atoms with E-state index in [0.717, 1.165) is 48.9 Å². The van der Waals surface area contributed by atoms with E-state index in [1.807, 2.05) is 55.5 Å². The summed E-state index contributed by atoms with van der Waals surface area (Å²) in [5.74, 6) is -1.37. The lowest BCUT2D eigenvalue weighted by Gasteiger charge is -2.19. The number of anilines is 1. The Morgan fingerprint density at radius 1 is 1.09 bits per heavy atom. The number of carboxylic acids is 1. The zero-order chi connectivity index (χ0) is 23.7. The molecule has 0 spiro atoms. The Bertz CT molecular complexity index is 918. The lowest BCUT2D eigenvalue weighted by atomic mass is 10.0. The third-order valence-electron chi connectivity index (χ3n) is 5.43. The van der Waals surface area contributed by atoms with Crippen molar-refractivity contribution in [2.24, 2.45) is 0 Å². The third-order valence-corrected chi connectivity index (χ3v) is 5.43. The number of aliphatic carboxylic acids is 1. The summed E-state index contributed by atoms with van der Waals surface area (Å²) in [5, 5.41) is 7.42. The molecule has 1 aliphatic heterocycles. The minimum absolute atomic E-state index is 0.0206. The molecule has 2 aromatic rings. The first-order valence-electron chi connectivity index (χ1n) is 10.9. The molecule has 0 bridgehead atoms. The summed E-state index contributed by atoms with van der Waals surface area (Å²) in [7, 11) is 0. The highest BCUT2D eigenvalue weighted by molar-refractivity contribution is 6.10. The van der Waals surface area contributed by atoms with Gasteiger partial charge in [0, 0.05) is 24.7 Å². The van der Waals surface area contributed by atoms with Crippen LogP contribution in [0.25, 0.3) is 0 Å². The lowest BCUT2D eigenvalue weighted by molar-refractivity contribution is -0.145. The molecular formula is C25H32N2O5. The monoisotopic (exact) mass is 440 g/mol. The van der Waals surface area contributed by atoms with Crippen LogP contribution in [0, 0.1) is 0 Å². The molecule has 0 aliphatic carbocycles. The topological polar surface area (TPSA) is 87.2 Å². The number of fused-ring (bicyclic) bond motifs is 1. The number of likely N-dealkylation sites (N-methyl/N-ethyl adjacent to an activating group) is 1. The predicted molar refractivity (Wildman–Crippen MR) is 124 cm³/mol. The standard InChI is InChI=1S/C23H28N2O3.C2H4O2/c1-4-24(5-2)14-15-28-23(27)17(3)18-10-12-20(13-11-18)25-16-19-8-6-7-9-21(19)22(25)26;1-2(3)4/h6-13,17H,4-5,14-16H2,1-3H3;1H3,(H,3,4). The largest absolute Gasteiger partial charge is 0.481 e. The average molecular weight is 441 g/mol. The molecule has 0 saturated heterocycles. The Kier molecular flexibility index (Phi) is 9.40. The maximum atomic E-state index is 12.6. The van der Waals surface area contributed by atoms with Crippen molar-refractivity contribution >= 4 is 23.5 Å². The van der Waals surface area contributed by atoms with E-state index < -0.39 is 5.97 Å². The fourth-order valence-electron chi connectivity index (χ4n) is 3.48. The van der Waals surface area contributed by atoms with Crippen molar-refractivity contribution in [3.8, 4) is 0 Å². The summed E-state index contributed by atoms with van der Waals surface area (Å²) in [6.07, 6.45) is 0. The summed E-state index contributed by atoms with van der Waals surface area (Å²) in [6.45, 7) is 10.8. The number of ether oxygens (including phenoxy) is 1. The van der Waals surface area contributed by atoms with Gasteiger partial charge in [-0.05, 0) is 49.3 Å². The van der Waals surface area contributed by atoms with E-state index in [1.54, 1.807) is 4.90 Å². The van der Waals surface area contributed by atoms with Crippen LogP contribution in [0.15, 0.2) is 48.5 Å². The molecule has 172 valence electrons. The van der Waals surface area contributed by atoms with Crippen molar-refractivity contribution in [2.45, 2.75) is 40.2 Å². The van der Waals surface area contributed by atoms with Crippen molar-refractivity contribution in [2.75, 3.05) is 31.1 Å². The smallest absolute Gasteiger partial charge is 0.313 e. The second kappa shape index (κ2) is 12.0. The number of amides is 1. The van der Waals surface area contributed by atoms with Crippen LogP contribution < -0.4 is 4.90 Å². The summed E-state index contributed by atoms with van der Waals surface area (Å²) in [4.78, 5) is 37.9. The van der Waals surface area contributed by atoms with Gasteiger partial charge in [-0.2, -0.15) is 0 Å². The molecule has 32 heavy (non-hydrogen) atoms. The summed E-state index contributed by atoms with van der Waals surface area (Å²) >= 11 is 0. The van der Waals surface area contributed by atoms with Gasteiger partial charge in [-0.3, -0.25) is 14.4 Å². The first-order chi connectivity index (χ1) is 15.3. The predicted octanol–water partition coefficient (Wildman–Crippen LogP) is 3.93. The normalized spacial score (nSPS) is 13.3. The van der Waals surface area contributed by atoms with Crippen LogP contribution in [-0.4, -0.2) is 54.1 Å². The molecule has 1 amide bonds.